The van der Waals surface area contributed by atoms with Crippen LogP contribution in [0.25, 0.3) is 0 Å². The molecule has 6 heteroatoms. The van der Waals surface area contributed by atoms with Crippen molar-refractivity contribution in [3.8, 4) is 17.6 Å². The van der Waals surface area contributed by atoms with E-state index in [2.05, 4.69) is 22.5 Å². The summed E-state index contributed by atoms with van der Waals surface area (Å²) in [6.07, 6.45) is 0. The number of anilines is 2. The summed E-state index contributed by atoms with van der Waals surface area (Å²) in [7, 11) is 3.85. The van der Waals surface area contributed by atoms with Gasteiger partial charge in [0.1, 0.15) is 12.4 Å². The van der Waals surface area contributed by atoms with Crippen LogP contribution in [0.1, 0.15) is 17.3 Å². The molecule has 0 atom stereocenters. The highest BCUT2D eigenvalue weighted by molar-refractivity contribution is 5.95. The maximum absolute atomic E-state index is 12.1. The zero-order valence-corrected chi connectivity index (χ0v) is 15.7. The van der Waals surface area contributed by atoms with E-state index in [1.807, 2.05) is 37.2 Å². The van der Waals surface area contributed by atoms with Gasteiger partial charge in [-0.1, -0.05) is 24.0 Å². The molecule has 0 aromatic heterocycles. The lowest BCUT2D eigenvalue weighted by molar-refractivity contribution is -0.114. The van der Waals surface area contributed by atoms with Gasteiger partial charge in [-0.15, -0.1) is 0 Å². The Morgan fingerprint density at radius 3 is 2.59 bits per heavy atom. The second-order valence-electron chi connectivity index (χ2n) is 5.98. The lowest BCUT2D eigenvalue weighted by Crippen LogP contribution is -2.24. The molecule has 0 spiro atoms. The molecule has 0 unspecified atom stereocenters. The van der Waals surface area contributed by atoms with Crippen LogP contribution in [-0.2, 0) is 4.79 Å². The number of nitrogens with zero attached hydrogens (tertiary/aromatic N) is 1. The molecule has 0 saturated carbocycles. The summed E-state index contributed by atoms with van der Waals surface area (Å²) in [5.41, 5.74) is 2.22. The fraction of sp³-hybridized carbons (Fsp3) is 0.238. The Bertz CT molecular complexity index is 866. The van der Waals surface area contributed by atoms with Crippen molar-refractivity contribution in [3.05, 3.63) is 54.1 Å². The highest BCUT2D eigenvalue weighted by Crippen LogP contribution is 2.17. The van der Waals surface area contributed by atoms with Gasteiger partial charge in [-0.25, -0.2) is 0 Å². The molecule has 0 bridgehead atoms. The number of amides is 2. The second-order valence-corrected chi connectivity index (χ2v) is 5.98. The Labute approximate surface area is 159 Å². The number of carbonyl (C=O) groups excluding carboxylic acids is 2. The molecule has 0 radical (unpaired) electrons. The van der Waals surface area contributed by atoms with E-state index >= 15 is 0 Å². The number of benzene rings is 2. The zero-order valence-electron chi connectivity index (χ0n) is 15.7. The molecule has 2 aromatic carbocycles. The Balaban J connectivity index is 1.78. The molecule has 0 aliphatic carbocycles. The number of rotatable bonds is 6. The monoisotopic (exact) mass is 365 g/mol. The van der Waals surface area contributed by atoms with E-state index in [1.165, 1.54) is 6.92 Å². The molecule has 0 aliphatic heterocycles. The first-order valence-corrected chi connectivity index (χ1v) is 8.47. The lowest BCUT2D eigenvalue weighted by atomic mass is 10.2. The van der Waals surface area contributed by atoms with Crippen LogP contribution < -0.4 is 20.3 Å². The number of hydrogen-bond acceptors (Lipinski definition) is 4. The predicted molar refractivity (Wildman–Crippen MR) is 107 cm³/mol. The smallest absolute Gasteiger partial charge is 0.252 e. The van der Waals surface area contributed by atoms with Gasteiger partial charge in [-0.2, -0.15) is 0 Å². The van der Waals surface area contributed by atoms with Gasteiger partial charge in [0.05, 0.1) is 6.54 Å². The van der Waals surface area contributed by atoms with E-state index in [9.17, 15) is 9.59 Å². The molecule has 140 valence electrons. The largest absolute Gasteiger partial charge is 0.481 e. The van der Waals surface area contributed by atoms with Crippen LogP contribution in [0.2, 0.25) is 0 Å². The average Bonchev–Trinajstić information content (AvgIpc) is 2.64. The number of hydrogen-bond donors (Lipinski definition) is 2. The van der Waals surface area contributed by atoms with E-state index < -0.39 is 0 Å². The van der Waals surface area contributed by atoms with Crippen molar-refractivity contribution in [1.82, 2.24) is 5.32 Å². The molecule has 0 fully saturated rings. The van der Waals surface area contributed by atoms with Crippen molar-refractivity contribution in [1.29, 1.82) is 0 Å². The standard InChI is InChI=1S/C21H23N3O3/c1-16(25)23-18-9-7-11-20(15-18)27-13-5-4-12-22-21(26)17-8-6-10-19(14-17)24(2)3/h6-11,14-15H,12-13H2,1-3H3,(H,22,26)(H,23,25). The molecular weight excluding hydrogens is 342 g/mol. The van der Waals surface area contributed by atoms with Crippen molar-refractivity contribution < 1.29 is 14.3 Å². The fourth-order valence-corrected chi connectivity index (χ4v) is 2.25. The predicted octanol–water partition coefficient (Wildman–Crippen LogP) is 2.52. The maximum atomic E-state index is 12.1. The minimum atomic E-state index is -0.170. The van der Waals surface area contributed by atoms with Gasteiger partial charge in [-0.05, 0) is 30.3 Å². The van der Waals surface area contributed by atoms with Crippen LogP contribution in [0.4, 0.5) is 11.4 Å². The first-order valence-electron chi connectivity index (χ1n) is 8.47. The quantitative estimate of drug-likeness (QED) is 0.772. The molecule has 2 N–H and O–H groups in total. The molecule has 0 heterocycles. The summed E-state index contributed by atoms with van der Waals surface area (Å²) < 4.78 is 5.52. The van der Waals surface area contributed by atoms with E-state index in [0.29, 0.717) is 17.0 Å². The molecule has 0 saturated heterocycles. The normalized spacial score (nSPS) is 9.59. The summed E-state index contributed by atoms with van der Waals surface area (Å²) in [5.74, 6) is 6.00. The van der Waals surface area contributed by atoms with Crippen molar-refractivity contribution in [2.24, 2.45) is 0 Å². The number of nitrogens with one attached hydrogen (secondary N) is 2. The highest BCUT2D eigenvalue weighted by atomic mass is 16.5. The molecule has 27 heavy (non-hydrogen) atoms. The van der Waals surface area contributed by atoms with E-state index in [-0.39, 0.29) is 25.0 Å². The van der Waals surface area contributed by atoms with E-state index in [0.717, 1.165) is 5.69 Å². The van der Waals surface area contributed by atoms with Crippen LogP contribution in [0.5, 0.6) is 5.75 Å². The molecule has 0 aliphatic rings. The maximum Gasteiger partial charge on any atom is 0.252 e. The molecule has 2 rings (SSSR count). The topological polar surface area (TPSA) is 70.7 Å². The van der Waals surface area contributed by atoms with Gasteiger partial charge in [0.15, 0.2) is 0 Å². The number of ether oxygens (including phenoxy) is 1. The van der Waals surface area contributed by atoms with Crippen molar-refractivity contribution in [3.63, 3.8) is 0 Å². The molecule has 2 amide bonds. The van der Waals surface area contributed by atoms with Crippen molar-refractivity contribution >= 4 is 23.2 Å². The SMILES string of the molecule is CC(=O)Nc1cccc(OCC#CCNC(=O)c2cccc(N(C)C)c2)c1. The van der Waals surface area contributed by atoms with Gasteiger partial charge in [0.25, 0.3) is 5.91 Å². The van der Waals surface area contributed by atoms with Gasteiger partial charge in [0.2, 0.25) is 5.91 Å². The zero-order chi connectivity index (χ0) is 19.6. The van der Waals surface area contributed by atoms with Crippen LogP contribution in [0.3, 0.4) is 0 Å². The van der Waals surface area contributed by atoms with Crippen LogP contribution >= 0.6 is 0 Å². The second kappa shape index (κ2) is 9.88. The number of carbonyl (C=O) groups is 2. The average molecular weight is 365 g/mol. The fourth-order valence-electron chi connectivity index (χ4n) is 2.25. The summed E-state index contributed by atoms with van der Waals surface area (Å²) in [4.78, 5) is 25.1. The van der Waals surface area contributed by atoms with Gasteiger partial charge in [-0.3, -0.25) is 9.59 Å². The Hall–Kier alpha value is -3.46. The first-order chi connectivity index (χ1) is 13.0. The van der Waals surface area contributed by atoms with Crippen LogP contribution in [0, 0.1) is 11.8 Å². The molecular formula is C21H23N3O3. The van der Waals surface area contributed by atoms with Crippen molar-refractivity contribution in [2.75, 3.05) is 37.5 Å². The van der Waals surface area contributed by atoms with Crippen molar-refractivity contribution in [2.45, 2.75) is 6.92 Å². The summed E-state index contributed by atoms with van der Waals surface area (Å²) >= 11 is 0. The lowest BCUT2D eigenvalue weighted by Gasteiger charge is -2.13. The molecule has 2 aromatic rings. The third-order valence-electron chi connectivity index (χ3n) is 3.55. The Morgan fingerprint density at radius 2 is 1.85 bits per heavy atom. The van der Waals surface area contributed by atoms with Gasteiger partial charge < -0.3 is 20.3 Å². The minimum Gasteiger partial charge on any atom is -0.481 e. The third kappa shape index (κ3) is 6.75. The minimum absolute atomic E-state index is 0.140. The van der Waals surface area contributed by atoms with E-state index in [1.54, 1.807) is 30.3 Å². The highest BCUT2D eigenvalue weighted by Gasteiger charge is 2.05. The van der Waals surface area contributed by atoms with E-state index in [4.69, 9.17) is 4.74 Å². The Kier molecular flexibility index (Phi) is 7.26. The van der Waals surface area contributed by atoms with Gasteiger partial charge in [0, 0.05) is 44.0 Å². The third-order valence-corrected chi connectivity index (χ3v) is 3.55. The molecule has 6 nitrogen and oxygen atoms in total. The summed E-state index contributed by atoms with van der Waals surface area (Å²) in [6, 6.07) is 14.5. The van der Waals surface area contributed by atoms with Crippen LogP contribution in [-0.4, -0.2) is 39.1 Å². The van der Waals surface area contributed by atoms with Gasteiger partial charge >= 0.3 is 0 Å². The Morgan fingerprint density at radius 1 is 1.07 bits per heavy atom. The first kappa shape index (κ1) is 19.9. The summed E-state index contributed by atoms with van der Waals surface area (Å²) in [5, 5.41) is 5.45. The van der Waals surface area contributed by atoms with Crippen LogP contribution in [0.15, 0.2) is 48.5 Å². The summed E-state index contributed by atoms with van der Waals surface area (Å²) in [6.45, 7) is 1.87.